The lowest BCUT2D eigenvalue weighted by molar-refractivity contribution is -0.115. The highest BCUT2D eigenvalue weighted by molar-refractivity contribution is 6.18. The zero-order valence-electron chi connectivity index (χ0n) is 8.66. The summed E-state index contributed by atoms with van der Waals surface area (Å²) in [6.07, 6.45) is -0.197. The third kappa shape index (κ3) is 2.28. The maximum atomic E-state index is 11.2. The molecule has 0 radical (unpaired) electrons. The van der Waals surface area contributed by atoms with Gasteiger partial charge in [0.15, 0.2) is 0 Å². The molecule has 1 aromatic carbocycles. The standard InChI is InChI=1S/C11H13ClN2O2/c12-5-7(15)6-13-9-2-1-3-10-8(9)4-11(16)14-10/h1-3,7,13,15H,4-6H2,(H,14,16). The highest BCUT2D eigenvalue weighted by Crippen LogP contribution is 2.29. The zero-order chi connectivity index (χ0) is 11.5. The molecular formula is C11H13ClN2O2. The number of anilines is 2. The first-order valence-corrected chi connectivity index (χ1v) is 5.64. The Bertz CT molecular complexity index is 409. The molecule has 0 saturated carbocycles. The minimum absolute atomic E-state index is 0.00198. The van der Waals surface area contributed by atoms with E-state index in [4.69, 9.17) is 11.6 Å². The summed E-state index contributed by atoms with van der Waals surface area (Å²) >= 11 is 5.50. The van der Waals surface area contributed by atoms with Crippen LogP contribution in [0.5, 0.6) is 0 Å². The number of fused-ring (bicyclic) bond motifs is 1. The van der Waals surface area contributed by atoms with E-state index in [1.807, 2.05) is 18.2 Å². The lowest BCUT2D eigenvalue weighted by Crippen LogP contribution is -2.21. The Kier molecular flexibility index (Phi) is 3.31. The molecule has 4 nitrogen and oxygen atoms in total. The molecule has 1 aromatic rings. The van der Waals surface area contributed by atoms with Gasteiger partial charge in [-0.25, -0.2) is 0 Å². The van der Waals surface area contributed by atoms with E-state index in [9.17, 15) is 9.90 Å². The van der Waals surface area contributed by atoms with Gasteiger partial charge in [0, 0.05) is 23.5 Å². The van der Waals surface area contributed by atoms with Crippen LogP contribution in [0.25, 0.3) is 0 Å². The molecule has 3 N–H and O–H groups in total. The van der Waals surface area contributed by atoms with Crippen molar-refractivity contribution in [2.75, 3.05) is 23.1 Å². The number of carbonyl (C=O) groups is 1. The number of nitrogens with one attached hydrogen (secondary N) is 2. The predicted molar refractivity (Wildman–Crippen MR) is 64.0 cm³/mol. The van der Waals surface area contributed by atoms with Crippen LogP contribution >= 0.6 is 11.6 Å². The smallest absolute Gasteiger partial charge is 0.228 e. The van der Waals surface area contributed by atoms with Crippen LogP contribution in [0.4, 0.5) is 11.4 Å². The van der Waals surface area contributed by atoms with E-state index in [2.05, 4.69) is 10.6 Å². The van der Waals surface area contributed by atoms with E-state index in [0.717, 1.165) is 16.9 Å². The van der Waals surface area contributed by atoms with E-state index < -0.39 is 6.10 Å². The summed E-state index contributed by atoms with van der Waals surface area (Å²) < 4.78 is 0. The maximum Gasteiger partial charge on any atom is 0.228 e. The van der Waals surface area contributed by atoms with Gasteiger partial charge in [0.2, 0.25) is 5.91 Å². The van der Waals surface area contributed by atoms with Gasteiger partial charge in [-0.3, -0.25) is 4.79 Å². The van der Waals surface area contributed by atoms with Crippen LogP contribution in [-0.2, 0) is 11.2 Å². The number of aliphatic hydroxyl groups excluding tert-OH is 1. The number of halogens is 1. The van der Waals surface area contributed by atoms with Crippen LogP contribution in [0.15, 0.2) is 18.2 Å². The van der Waals surface area contributed by atoms with Gasteiger partial charge in [-0.15, -0.1) is 11.6 Å². The average Bonchev–Trinajstić information content (AvgIpc) is 2.66. The molecule has 0 aliphatic carbocycles. The third-order valence-electron chi connectivity index (χ3n) is 2.49. The number of hydrogen-bond acceptors (Lipinski definition) is 3. The quantitative estimate of drug-likeness (QED) is 0.693. The molecule has 0 bridgehead atoms. The normalized spacial score (nSPS) is 15.5. The second kappa shape index (κ2) is 4.72. The monoisotopic (exact) mass is 240 g/mol. The van der Waals surface area contributed by atoms with Crippen LogP contribution in [0.2, 0.25) is 0 Å². The minimum atomic E-state index is -0.581. The summed E-state index contributed by atoms with van der Waals surface area (Å²) in [6.45, 7) is 0.383. The van der Waals surface area contributed by atoms with Gasteiger partial charge in [-0.2, -0.15) is 0 Å². The molecular weight excluding hydrogens is 228 g/mol. The number of rotatable bonds is 4. The Hall–Kier alpha value is -1.26. The van der Waals surface area contributed by atoms with Gasteiger partial charge in [-0.05, 0) is 12.1 Å². The number of amides is 1. The number of alkyl halides is 1. The van der Waals surface area contributed by atoms with Gasteiger partial charge >= 0.3 is 0 Å². The molecule has 86 valence electrons. The number of carbonyl (C=O) groups excluding carboxylic acids is 1. The van der Waals surface area contributed by atoms with Gasteiger partial charge < -0.3 is 15.7 Å². The molecule has 1 unspecified atom stereocenters. The Balaban J connectivity index is 2.11. The Morgan fingerprint density at radius 1 is 1.56 bits per heavy atom. The lowest BCUT2D eigenvalue weighted by atomic mass is 10.1. The van der Waals surface area contributed by atoms with Gasteiger partial charge in [-0.1, -0.05) is 6.07 Å². The molecule has 1 aliphatic heterocycles. The van der Waals surface area contributed by atoms with Crippen LogP contribution < -0.4 is 10.6 Å². The van der Waals surface area contributed by atoms with Crippen molar-refractivity contribution in [2.24, 2.45) is 0 Å². The first kappa shape index (κ1) is 11.2. The topological polar surface area (TPSA) is 61.4 Å². The van der Waals surface area contributed by atoms with Gasteiger partial charge in [0.05, 0.1) is 18.4 Å². The van der Waals surface area contributed by atoms with Crippen molar-refractivity contribution in [1.82, 2.24) is 0 Å². The van der Waals surface area contributed by atoms with Gasteiger partial charge in [0.25, 0.3) is 0 Å². The van der Waals surface area contributed by atoms with Crippen molar-refractivity contribution in [3.05, 3.63) is 23.8 Å². The van der Waals surface area contributed by atoms with E-state index >= 15 is 0 Å². The lowest BCUT2D eigenvalue weighted by Gasteiger charge is -2.12. The summed E-state index contributed by atoms with van der Waals surface area (Å²) in [6, 6.07) is 5.61. The van der Waals surface area contributed by atoms with Crippen LogP contribution in [0.1, 0.15) is 5.56 Å². The van der Waals surface area contributed by atoms with Crippen LogP contribution in [0.3, 0.4) is 0 Å². The Morgan fingerprint density at radius 2 is 2.38 bits per heavy atom. The summed E-state index contributed by atoms with van der Waals surface area (Å²) in [5.74, 6) is 0.196. The number of aliphatic hydroxyl groups is 1. The fourth-order valence-electron chi connectivity index (χ4n) is 1.70. The second-order valence-corrected chi connectivity index (χ2v) is 4.05. The largest absolute Gasteiger partial charge is 0.390 e. The van der Waals surface area contributed by atoms with E-state index in [1.54, 1.807) is 0 Å². The van der Waals surface area contributed by atoms with E-state index in [0.29, 0.717) is 13.0 Å². The van der Waals surface area contributed by atoms with Crippen molar-refractivity contribution in [2.45, 2.75) is 12.5 Å². The van der Waals surface area contributed by atoms with E-state index in [-0.39, 0.29) is 11.8 Å². The average molecular weight is 241 g/mol. The molecule has 1 aliphatic rings. The van der Waals surface area contributed by atoms with Crippen molar-refractivity contribution in [1.29, 1.82) is 0 Å². The fourth-order valence-corrected chi connectivity index (χ4v) is 1.81. The maximum absolute atomic E-state index is 11.2. The highest BCUT2D eigenvalue weighted by atomic mass is 35.5. The molecule has 5 heteroatoms. The summed E-state index contributed by atoms with van der Waals surface area (Å²) in [5.41, 5.74) is 2.67. The van der Waals surface area contributed by atoms with Crippen molar-refractivity contribution in [3.8, 4) is 0 Å². The highest BCUT2D eigenvalue weighted by Gasteiger charge is 2.20. The molecule has 16 heavy (non-hydrogen) atoms. The SMILES string of the molecule is O=C1Cc2c(NCC(O)CCl)cccc2N1. The van der Waals surface area contributed by atoms with Gasteiger partial charge in [0.1, 0.15) is 0 Å². The number of hydrogen-bond donors (Lipinski definition) is 3. The Labute approximate surface area is 98.6 Å². The van der Waals surface area contributed by atoms with E-state index in [1.165, 1.54) is 0 Å². The summed E-state index contributed by atoms with van der Waals surface area (Å²) in [7, 11) is 0. The molecule has 0 fully saturated rings. The molecule has 1 atom stereocenters. The molecule has 0 aromatic heterocycles. The second-order valence-electron chi connectivity index (χ2n) is 3.75. The first-order chi connectivity index (χ1) is 7.70. The fraction of sp³-hybridized carbons (Fsp3) is 0.364. The third-order valence-corrected chi connectivity index (χ3v) is 2.85. The molecule has 1 heterocycles. The zero-order valence-corrected chi connectivity index (χ0v) is 9.42. The molecule has 0 saturated heterocycles. The minimum Gasteiger partial charge on any atom is -0.390 e. The predicted octanol–water partition coefficient (Wildman–Crippen LogP) is 1.19. The number of benzene rings is 1. The van der Waals surface area contributed by atoms with Crippen LogP contribution in [-0.4, -0.2) is 29.5 Å². The van der Waals surface area contributed by atoms with Crippen molar-refractivity contribution < 1.29 is 9.90 Å². The van der Waals surface area contributed by atoms with Crippen LogP contribution in [0, 0.1) is 0 Å². The van der Waals surface area contributed by atoms with Crippen molar-refractivity contribution >= 4 is 28.9 Å². The molecule has 2 rings (SSSR count). The first-order valence-electron chi connectivity index (χ1n) is 5.10. The Morgan fingerprint density at radius 3 is 3.12 bits per heavy atom. The van der Waals surface area contributed by atoms with Crippen molar-refractivity contribution in [3.63, 3.8) is 0 Å². The summed E-state index contributed by atoms with van der Waals surface area (Å²) in [4.78, 5) is 11.2. The molecule has 1 amide bonds. The molecule has 0 spiro atoms. The summed E-state index contributed by atoms with van der Waals surface area (Å²) in [5, 5.41) is 15.2.